The van der Waals surface area contributed by atoms with Crippen molar-refractivity contribution in [2.75, 3.05) is 11.9 Å². The van der Waals surface area contributed by atoms with Crippen LogP contribution in [0.1, 0.15) is 4.88 Å². The lowest BCUT2D eigenvalue weighted by molar-refractivity contribution is -0.115. The van der Waals surface area contributed by atoms with Gasteiger partial charge in [-0.25, -0.2) is 17.5 Å². The van der Waals surface area contributed by atoms with E-state index in [0.29, 0.717) is 0 Å². The van der Waals surface area contributed by atoms with E-state index >= 15 is 0 Å². The third-order valence-electron chi connectivity index (χ3n) is 2.51. The van der Waals surface area contributed by atoms with E-state index < -0.39 is 28.3 Å². The van der Waals surface area contributed by atoms with Crippen LogP contribution in [0.2, 0.25) is 0 Å². The van der Waals surface area contributed by atoms with Crippen molar-refractivity contribution in [3.8, 4) is 0 Å². The second kappa shape index (κ2) is 6.33. The molecule has 1 aromatic carbocycles. The Balaban J connectivity index is 1.95. The minimum absolute atomic E-state index is 0.151. The second-order valence-corrected chi connectivity index (χ2v) is 7.53. The van der Waals surface area contributed by atoms with Crippen molar-refractivity contribution in [3.63, 3.8) is 0 Å². The molecule has 0 aliphatic heterocycles. The zero-order chi connectivity index (χ0) is 15.5. The highest BCUT2D eigenvalue weighted by atomic mass is 32.2. The predicted molar refractivity (Wildman–Crippen MR) is 79.3 cm³/mol. The standard InChI is InChI=1S/C13H13FN2O3S2/c1-9-5-6-13(20-9)21(18,19)15-8-12(17)16-11-4-2-3-10(14)7-11/h2-7,15H,8H2,1H3,(H,16,17). The first-order valence-corrected chi connectivity index (χ1v) is 8.28. The minimum atomic E-state index is -3.70. The topological polar surface area (TPSA) is 75.3 Å². The van der Waals surface area contributed by atoms with Crippen LogP contribution in [0.15, 0.2) is 40.6 Å². The number of halogens is 1. The Hall–Kier alpha value is -1.77. The first kappa shape index (κ1) is 15.6. The van der Waals surface area contributed by atoms with Crippen LogP contribution in [0.4, 0.5) is 10.1 Å². The number of nitrogens with one attached hydrogen (secondary N) is 2. The molecule has 1 heterocycles. The summed E-state index contributed by atoms with van der Waals surface area (Å²) < 4.78 is 39.1. The first-order valence-electron chi connectivity index (χ1n) is 5.98. The molecule has 0 atom stereocenters. The van der Waals surface area contributed by atoms with Crippen LogP contribution in [0, 0.1) is 12.7 Å². The summed E-state index contributed by atoms with van der Waals surface area (Å²) in [5, 5.41) is 2.41. The van der Waals surface area contributed by atoms with Gasteiger partial charge in [-0.1, -0.05) is 6.07 Å². The average Bonchev–Trinajstić information content (AvgIpc) is 2.84. The zero-order valence-electron chi connectivity index (χ0n) is 11.1. The van der Waals surface area contributed by atoms with Crippen molar-refractivity contribution < 1.29 is 17.6 Å². The van der Waals surface area contributed by atoms with E-state index in [0.717, 1.165) is 22.3 Å². The molecule has 8 heteroatoms. The van der Waals surface area contributed by atoms with Gasteiger partial charge in [-0.2, -0.15) is 0 Å². The number of carbonyl (C=O) groups is 1. The molecule has 0 aliphatic rings. The molecule has 0 aliphatic carbocycles. The SMILES string of the molecule is Cc1ccc(S(=O)(=O)NCC(=O)Nc2cccc(F)c2)s1. The summed E-state index contributed by atoms with van der Waals surface area (Å²) in [5.74, 6) is -1.06. The maximum absolute atomic E-state index is 13.0. The molecule has 0 fully saturated rings. The van der Waals surface area contributed by atoms with Crippen molar-refractivity contribution in [1.29, 1.82) is 0 Å². The molecule has 112 valence electrons. The van der Waals surface area contributed by atoms with Crippen LogP contribution < -0.4 is 10.0 Å². The number of carbonyl (C=O) groups excluding carboxylic acids is 1. The number of aryl methyl sites for hydroxylation is 1. The molecule has 2 aromatic rings. The molecular weight excluding hydrogens is 315 g/mol. The van der Waals surface area contributed by atoms with Gasteiger partial charge in [0.25, 0.3) is 10.0 Å². The van der Waals surface area contributed by atoms with Crippen LogP contribution in [0.5, 0.6) is 0 Å². The Morgan fingerprint density at radius 1 is 1.29 bits per heavy atom. The summed E-state index contributed by atoms with van der Waals surface area (Å²) in [6.45, 7) is 1.37. The predicted octanol–water partition coefficient (Wildman–Crippen LogP) is 2.11. The average molecular weight is 328 g/mol. The molecule has 2 N–H and O–H groups in total. The molecule has 0 saturated carbocycles. The number of amides is 1. The van der Waals surface area contributed by atoms with E-state index in [1.54, 1.807) is 13.0 Å². The maximum atomic E-state index is 13.0. The van der Waals surface area contributed by atoms with Gasteiger partial charge in [0, 0.05) is 10.6 Å². The highest BCUT2D eigenvalue weighted by Gasteiger charge is 2.17. The van der Waals surface area contributed by atoms with Gasteiger partial charge in [-0.15, -0.1) is 11.3 Å². The van der Waals surface area contributed by atoms with Gasteiger partial charge in [0.15, 0.2) is 0 Å². The Bertz CT molecular complexity index is 756. The fourth-order valence-electron chi connectivity index (χ4n) is 1.56. The summed E-state index contributed by atoms with van der Waals surface area (Å²) in [4.78, 5) is 12.5. The van der Waals surface area contributed by atoms with Crippen molar-refractivity contribution in [1.82, 2.24) is 4.72 Å². The number of rotatable bonds is 5. The highest BCUT2D eigenvalue weighted by molar-refractivity contribution is 7.91. The van der Waals surface area contributed by atoms with Gasteiger partial charge < -0.3 is 5.32 Å². The Labute approximate surface area is 125 Å². The largest absolute Gasteiger partial charge is 0.325 e. The maximum Gasteiger partial charge on any atom is 0.250 e. The number of anilines is 1. The highest BCUT2D eigenvalue weighted by Crippen LogP contribution is 2.20. The summed E-state index contributed by atoms with van der Waals surface area (Å²) in [5.41, 5.74) is 0.270. The Morgan fingerprint density at radius 3 is 2.67 bits per heavy atom. The van der Waals surface area contributed by atoms with E-state index in [2.05, 4.69) is 10.0 Å². The number of benzene rings is 1. The molecule has 0 spiro atoms. The fraction of sp³-hybridized carbons (Fsp3) is 0.154. The number of sulfonamides is 1. The minimum Gasteiger partial charge on any atom is -0.325 e. The van der Waals surface area contributed by atoms with Crippen LogP contribution >= 0.6 is 11.3 Å². The van der Waals surface area contributed by atoms with Crippen molar-refractivity contribution in [2.24, 2.45) is 0 Å². The second-order valence-electron chi connectivity index (χ2n) is 4.25. The Kier molecular flexibility index (Phi) is 4.71. The van der Waals surface area contributed by atoms with Crippen LogP contribution in [0.25, 0.3) is 0 Å². The third kappa shape index (κ3) is 4.35. The first-order chi connectivity index (χ1) is 9.87. The van der Waals surface area contributed by atoms with Crippen LogP contribution in [-0.4, -0.2) is 20.9 Å². The molecule has 1 amide bonds. The molecular formula is C13H13FN2O3S2. The summed E-state index contributed by atoms with van der Waals surface area (Å²) in [6, 6.07) is 8.52. The lowest BCUT2D eigenvalue weighted by Gasteiger charge is -2.06. The number of hydrogen-bond acceptors (Lipinski definition) is 4. The van der Waals surface area contributed by atoms with Crippen LogP contribution in [0.3, 0.4) is 0 Å². The molecule has 2 rings (SSSR count). The molecule has 0 unspecified atom stereocenters. The zero-order valence-corrected chi connectivity index (χ0v) is 12.7. The van der Waals surface area contributed by atoms with Gasteiger partial charge in [-0.3, -0.25) is 4.79 Å². The monoisotopic (exact) mass is 328 g/mol. The number of thiophene rings is 1. The lowest BCUT2D eigenvalue weighted by Crippen LogP contribution is -2.32. The van der Waals surface area contributed by atoms with E-state index in [1.165, 1.54) is 24.3 Å². The summed E-state index contributed by atoms with van der Waals surface area (Å²) in [6.07, 6.45) is 0. The molecule has 0 bridgehead atoms. The van der Waals surface area contributed by atoms with Crippen molar-refractivity contribution >= 4 is 33.0 Å². The summed E-state index contributed by atoms with van der Waals surface area (Å²) in [7, 11) is -3.70. The fourth-order valence-corrected chi connectivity index (χ4v) is 3.87. The molecule has 0 radical (unpaired) electrons. The van der Waals surface area contributed by atoms with E-state index in [9.17, 15) is 17.6 Å². The van der Waals surface area contributed by atoms with Crippen molar-refractivity contribution in [3.05, 3.63) is 47.1 Å². The van der Waals surface area contributed by atoms with Gasteiger partial charge >= 0.3 is 0 Å². The third-order valence-corrected chi connectivity index (χ3v) is 5.41. The van der Waals surface area contributed by atoms with Gasteiger partial charge in [-0.05, 0) is 37.3 Å². The van der Waals surface area contributed by atoms with Crippen molar-refractivity contribution in [2.45, 2.75) is 11.1 Å². The Morgan fingerprint density at radius 2 is 2.05 bits per heavy atom. The normalized spacial score (nSPS) is 11.3. The lowest BCUT2D eigenvalue weighted by atomic mass is 10.3. The van der Waals surface area contributed by atoms with Gasteiger partial charge in [0.1, 0.15) is 10.0 Å². The van der Waals surface area contributed by atoms with E-state index in [-0.39, 0.29) is 9.90 Å². The number of hydrogen-bond donors (Lipinski definition) is 2. The van der Waals surface area contributed by atoms with Crippen LogP contribution in [-0.2, 0) is 14.8 Å². The van der Waals surface area contributed by atoms with Gasteiger partial charge in [0.05, 0.1) is 6.54 Å². The smallest absolute Gasteiger partial charge is 0.250 e. The van der Waals surface area contributed by atoms with E-state index in [1.807, 2.05) is 0 Å². The molecule has 5 nitrogen and oxygen atoms in total. The molecule has 1 aromatic heterocycles. The molecule has 0 saturated heterocycles. The van der Waals surface area contributed by atoms with E-state index in [4.69, 9.17) is 0 Å². The summed E-state index contributed by atoms with van der Waals surface area (Å²) >= 11 is 1.12. The van der Waals surface area contributed by atoms with Gasteiger partial charge in [0.2, 0.25) is 5.91 Å². The quantitative estimate of drug-likeness (QED) is 0.883. The molecule has 21 heavy (non-hydrogen) atoms.